The lowest BCUT2D eigenvalue weighted by atomic mass is 10.1. The average Bonchev–Trinajstić information content (AvgIpc) is 2.68. The molecule has 0 N–H and O–H groups in total. The standard InChI is InChI=1S/C10H9F3IN3O/c1-5(10(11,12)13)7-9(18-2)8-6(14)3-16-17(8)4-15-7/h3-5H,1-2H3. The van der Waals surface area contributed by atoms with Crippen LogP contribution in [0.2, 0.25) is 0 Å². The zero-order valence-electron chi connectivity index (χ0n) is 9.49. The lowest BCUT2D eigenvalue weighted by Crippen LogP contribution is -2.20. The summed E-state index contributed by atoms with van der Waals surface area (Å²) in [5, 5.41) is 3.97. The lowest BCUT2D eigenvalue weighted by molar-refractivity contribution is -0.147. The van der Waals surface area contributed by atoms with Gasteiger partial charge in [-0.1, -0.05) is 0 Å². The number of rotatable bonds is 2. The number of alkyl halides is 3. The molecule has 0 aliphatic rings. The normalized spacial score (nSPS) is 13.9. The van der Waals surface area contributed by atoms with E-state index in [1.165, 1.54) is 18.0 Å². The predicted octanol–water partition coefficient (Wildman–Crippen LogP) is 3.01. The molecule has 2 heterocycles. The zero-order valence-corrected chi connectivity index (χ0v) is 11.7. The average molecular weight is 371 g/mol. The fourth-order valence-corrected chi connectivity index (χ4v) is 2.22. The van der Waals surface area contributed by atoms with Gasteiger partial charge in [-0.2, -0.15) is 18.3 Å². The molecule has 0 amide bonds. The number of hydrogen-bond acceptors (Lipinski definition) is 3. The molecule has 1 unspecified atom stereocenters. The summed E-state index contributed by atoms with van der Waals surface area (Å²) in [4.78, 5) is 3.81. The topological polar surface area (TPSA) is 39.4 Å². The van der Waals surface area contributed by atoms with Crippen LogP contribution in [0.15, 0.2) is 12.5 Å². The minimum atomic E-state index is -4.36. The molecule has 0 spiro atoms. The Hall–Kier alpha value is -1.06. The van der Waals surface area contributed by atoms with Crippen molar-refractivity contribution in [2.24, 2.45) is 0 Å². The number of ether oxygens (including phenoxy) is 1. The van der Waals surface area contributed by atoms with Crippen molar-refractivity contribution >= 4 is 28.1 Å². The van der Waals surface area contributed by atoms with Crippen LogP contribution in [0.25, 0.3) is 5.52 Å². The summed E-state index contributed by atoms with van der Waals surface area (Å²) in [5.74, 6) is -1.58. The van der Waals surface area contributed by atoms with E-state index in [2.05, 4.69) is 10.1 Å². The number of methoxy groups -OCH3 is 1. The largest absolute Gasteiger partial charge is 0.493 e. The summed E-state index contributed by atoms with van der Waals surface area (Å²) >= 11 is 1.99. The minimum Gasteiger partial charge on any atom is -0.493 e. The molecular weight excluding hydrogens is 362 g/mol. The summed E-state index contributed by atoms with van der Waals surface area (Å²) in [7, 11) is 1.33. The van der Waals surface area contributed by atoms with E-state index in [1.807, 2.05) is 22.6 Å². The van der Waals surface area contributed by atoms with Crippen molar-refractivity contribution in [2.75, 3.05) is 7.11 Å². The van der Waals surface area contributed by atoms with Crippen molar-refractivity contribution in [3.8, 4) is 5.75 Å². The molecule has 2 rings (SSSR count). The third-order valence-corrected chi connectivity index (χ3v) is 3.40. The van der Waals surface area contributed by atoms with Crippen LogP contribution in [0.3, 0.4) is 0 Å². The van der Waals surface area contributed by atoms with Gasteiger partial charge < -0.3 is 4.74 Å². The van der Waals surface area contributed by atoms with Crippen LogP contribution in [-0.2, 0) is 0 Å². The van der Waals surface area contributed by atoms with Crippen molar-refractivity contribution in [3.05, 3.63) is 21.8 Å². The number of nitrogens with zero attached hydrogens (tertiary/aromatic N) is 3. The molecule has 8 heteroatoms. The van der Waals surface area contributed by atoms with Crippen molar-refractivity contribution in [2.45, 2.75) is 19.0 Å². The van der Waals surface area contributed by atoms with Gasteiger partial charge >= 0.3 is 6.18 Å². The van der Waals surface area contributed by atoms with Crippen LogP contribution in [0, 0.1) is 3.57 Å². The molecule has 0 aromatic carbocycles. The Bertz CT molecular complexity index is 581. The summed E-state index contributed by atoms with van der Waals surface area (Å²) in [6.45, 7) is 1.06. The van der Waals surface area contributed by atoms with E-state index in [9.17, 15) is 13.2 Å². The Balaban J connectivity index is 2.68. The van der Waals surface area contributed by atoms with E-state index < -0.39 is 12.1 Å². The van der Waals surface area contributed by atoms with Crippen molar-refractivity contribution in [3.63, 3.8) is 0 Å². The molecule has 0 bridgehead atoms. The summed E-state index contributed by atoms with van der Waals surface area (Å²) in [6, 6.07) is 0. The highest BCUT2D eigenvalue weighted by Gasteiger charge is 2.40. The second kappa shape index (κ2) is 4.56. The van der Waals surface area contributed by atoms with E-state index in [0.717, 1.165) is 6.92 Å². The maximum atomic E-state index is 12.8. The maximum Gasteiger partial charge on any atom is 0.397 e. The van der Waals surface area contributed by atoms with Crippen molar-refractivity contribution < 1.29 is 17.9 Å². The van der Waals surface area contributed by atoms with Gasteiger partial charge in [-0.15, -0.1) is 0 Å². The highest BCUT2D eigenvalue weighted by atomic mass is 127. The van der Waals surface area contributed by atoms with Crippen LogP contribution < -0.4 is 4.74 Å². The number of fused-ring (bicyclic) bond motifs is 1. The van der Waals surface area contributed by atoms with E-state index >= 15 is 0 Å². The first-order valence-electron chi connectivity index (χ1n) is 4.98. The van der Waals surface area contributed by atoms with Gasteiger partial charge in [0.2, 0.25) is 0 Å². The highest BCUT2D eigenvalue weighted by Crippen LogP contribution is 2.39. The first-order chi connectivity index (χ1) is 8.36. The molecule has 0 aliphatic carbocycles. The first kappa shape index (κ1) is 13.4. The molecule has 0 aliphatic heterocycles. The van der Waals surface area contributed by atoms with Crippen LogP contribution in [0.1, 0.15) is 18.5 Å². The van der Waals surface area contributed by atoms with Crippen LogP contribution in [0.4, 0.5) is 13.2 Å². The number of hydrogen-bond donors (Lipinski definition) is 0. The van der Waals surface area contributed by atoms with Gasteiger partial charge in [-0.25, -0.2) is 9.50 Å². The van der Waals surface area contributed by atoms with E-state index in [4.69, 9.17) is 4.74 Å². The van der Waals surface area contributed by atoms with Gasteiger partial charge in [0.25, 0.3) is 0 Å². The molecule has 0 fully saturated rings. The quantitative estimate of drug-likeness (QED) is 0.763. The fourth-order valence-electron chi connectivity index (χ4n) is 1.60. The molecule has 2 aromatic rings. The van der Waals surface area contributed by atoms with Crippen LogP contribution in [-0.4, -0.2) is 27.9 Å². The van der Waals surface area contributed by atoms with Crippen LogP contribution >= 0.6 is 22.6 Å². The maximum absolute atomic E-state index is 12.8. The van der Waals surface area contributed by atoms with Gasteiger partial charge in [0.1, 0.15) is 11.8 Å². The van der Waals surface area contributed by atoms with Gasteiger partial charge in [-0.3, -0.25) is 0 Å². The molecular formula is C10H9F3IN3O. The molecule has 1 atom stereocenters. The zero-order chi connectivity index (χ0) is 13.5. The number of halogens is 4. The second-order valence-electron chi connectivity index (χ2n) is 3.71. The van der Waals surface area contributed by atoms with E-state index in [-0.39, 0.29) is 11.4 Å². The Labute approximate surface area is 114 Å². The third kappa shape index (κ3) is 2.13. The third-order valence-electron chi connectivity index (χ3n) is 2.61. The molecule has 98 valence electrons. The second-order valence-corrected chi connectivity index (χ2v) is 4.87. The van der Waals surface area contributed by atoms with Crippen molar-refractivity contribution in [1.82, 2.24) is 14.6 Å². The molecule has 0 radical (unpaired) electrons. The molecule has 0 saturated heterocycles. The van der Waals surface area contributed by atoms with Gasteiger partial charge in [0.15, 0.2) is 5.75 Å². The van der Waals surface area contributed by atoms with Gasteiger partial charge in [-0.05, 0) is 29.5 Å². The van der Waals surface area contributed by atoms with Gasteiger partial charge in [0, 0.05) is 0 Å². The Morgan fingerprint density at radius 2 is 2.11 bits per heavy atom. The smallest absolute Gasteiger partial charge is 0.397 e. The van der Waals surface area contributed by atoms with Crippen LogP contribution in [0.5, 0.6) is 5.75 Å². The Morgan fingerprint density at radius 3 is 2.67 bits per heavy atom. The Kier molecular flexibility index (Phi) is 3.39. The summed E-state index contributed by atoms with van der Waals surface area (Å²) in [5.41, 5.74) is 0.370. The summed E-state index contributed by atoms with van der Waals surface area (Å²) < 4.78 is 45.5. The lowest BCUT2D eigenvalue weighted by Gasteiger charge is -2.18. The van der Waals surface area contributed by atoms with E-state index in [0.29, 0.717) is 9.09 Å². The predicted molar refractivity (Wildman–Crippen MR) is 66.7 cm³/mol. The first-order valence-corrected chi connectivity index (χ1v) is 6.06. The Morgan fingerprint density at radius 1 is 1.44 bits per heavy atom. The minimum absolute atomic E-state index is 0.115. The molecule has 2 aromatic heterocycles. The number of aromatic nitrogens is 3. The highest BCUT2D eigenvalue weighted by molar-refractivity contribution is 14.1. The monoisotopic (exact) mass is 371 g/mol. The molecule has 0 saturated carbocycles. The summed E-state index contributed by atoms with van der Waals surface area (Å²) in [6.07, 6.45) is -1.55. The van der Waals surface area contributed by atoms with E-state index in [1.54, 1.807) is 6.20 Å². The SMILES string of the molecule is COc1c(C(C)C(F)(F)F)ncn2ncc(I)c12. The molecule has 18 heavy (non-hydrogen) atoms. The van der Waals surface area contributed by atoms with Gasteiger partial charge in [0.05, 0.1) is 28.5 Å². The fraction of sp³-hybridized carbons (Fsp3) is 0.400. The molecule has 4 nitrogen and oxygen atoms in total. The van der Waals surface area contributed by atoms with Crippen molar-refractivity contribution in [1.29, 1.82) is 0 Å².